The van der Waals surface area contributed by atoms with Crippen molar-refractivity contribution in [2.75, 3.05) is 0 Å². The Balaban J connectivity index is 1.58. The number of aryl methyl sites for hydroxylation is 1. The molecule has 2 aromatic carbocycles. The summed E-state index contributed by atoms with van der Waals surface area (Å²) in [5, 5.41) is 0.643. The number of imidazole rings is 1. The molecular formula is C25H28ClN3O. The highest BCUT2D eigenvalue weighted by atomic mass is 35.5. The first-order valence-electron chi connectivity index (χ1n) is 10.7. The first-order valence-corrected chi connectivity index (χ1v) is 11.1. The van der Waals surface area contributed by atoms with Crippen LogP contribution in [0.25, 0.3) is 0 Å². The summed E-state index contributed by atoms with van der Waals surface area (Å²) in [6.07, 6.45) is 9.54. The molecule has 30 heavy (non-hydrogen) atoms. The van der Waals surface area contributed by atoms with Crippen LogP contribution in [0.3, 0.4) is 0 Å². The van der Waals surface area contributed by atoms with Gasteiger partial charge in [-0.05, 0) is 49.6 Å². The third kappa shape index (κ3) is 4.93. The number of hydrogen-bond donors (Lipinski definition) is 0. The van der Waals surface area contributed by atoms with E-state index in [2.05, 4.69) is 40.7 Å². The molecule has 1 aromatic heterocycles. The number of carbonyl (C=O) groups is 1. The lowest BCUT2D eigenvalue weighted by molar-refractivity contribution is 0.0605. The van der Waals surface area contributed by atoms with Crippen LogP contribution in [-0.2, 0) is 13.1 Å². The molecule has 4 nitrogen and oxygen atoms in total. The van der Waals surface area contributed by atoms with Gasteiger partial charge in [0.2, 0.25) is 0 Å². The normalized spacial score (nSPS) is 14.6. The molecule has 0 unspecified atom stereocenters. The van der Waals surface area contributed by atoms with Crippen LogP contribution in [0.2, 0.25) is 5.02 Å². The highest BCUT2D eigenvalue weighted by Gasteiger charge is 2.27. The summed E-state index contributed by atoms with van der Waals surface area (Å²) in [5.74, 6) is 0.980. The maximum Gasteiger partial charge on any atom is 0.254 e. The SMILES string of the molecule is Cc1cccc(Cn2ccnc2CN(C(=O)c2ccc(Cl)cc2)C2CCCCC2)c1. The average molecular weight is 422 g/mol. The van der Waals surface area contributed by atoms with Crippen LogP contribution in [0.1, 0.15) is 59.4 Å². The van der Waals surface area contributed by atoms with Crippen molar-refractivity contribution in [3.05, 3.63) is 88.5 Å². The van der Waals surface area contributed by atoms with Gasteiger partial charge in [-0.1, -0.05) is 60.7 Å². The van der Waals surface area contributed by atoms with Crippen LogP contribution < -0.4 is 0 Å². The minimum Gasteiger partial charge on any atom is -0.329 e. The van der Waals surface area contributed by atoms with Crippen LogP contribution >= 0.6 is 11.6 Å². The summed E-state index contributed by atoms with van der Waals surface area (Å²) in [4.78, 5) is 20.1. The first kappa shape index (κ1) is 20.7. The second kappa shape index (κ2) is 9.48. The van der Waals surface area contributed by atoms with Gasteiger partial charge in [-0.15, -0.1) is 0 Å². The molecule has 1 amide bonds. The summed E-state index contributed by atoms with van der Waals surface area (Å²) in [6, 6.07) is 16.0. The second-order valence-corrected chi connectivity index (χ2v) is 8.63. The van der Waals surface area contributed by atoms with E-state index in [-0.39, 0.29) is 11.9 Å². The van der Waals surface area contributed by atoms with E-state index in [1.165, 1.54) is 30.4 Å². The van der Waals surface area contributed by atoms with Crippen LogP contribution in [0, 0.1) is 6.92 Å². The zero-order valence-corrected chi connectivity index (χ0v) is 18.2. The third-order valence-electron chi connectivity index (χ3n) is 5.92. The zero-order chi connectivity index (χ0) is 20.9. The molecule has 1 aliphatic rings. The Bertz CT molecular complexity index is 990. The number of amides is 1. The number of aromatic nitrogens is 2. The third-order valence-corrected chi connectivity index (χ3v) is 6.17. The van der Waals surface area contributed by atoms with Gasteiger partial charge in [0.05, 0.1) is 6.54 Å². The number of benzene rings is 2. The van der Waals surface area contributed by atoms with Crippen molar-refractivity contribution in [1.82, 2.24) is 14.5 Å². The van der Waals surface area contributed by atoms with E-state index in [1.807, 2.05) is 29.4 Å². The zero-order valence-electron chi connectivity index (χ0n) is 17.4. The van der Waals surface area contributed by atoms with Crippen LogP contribution in [0.4, 0.5) is 0 Å². The minimum absolute atomic E-state index is 0.0590. The fourth-order valence-electron chi connectivity index (χ4n) is 4.31. The Morgan fingerprint density at radius 2 is 1.90 bits per heavy atom. The Hall–Kier alpha value is -2.59. The molecule has 0 aliphatic heterocycles. The maximum atomic E-state index is 13.4. The number of rotatable bonds is 6. The standard InChI is InChI=1S/C25H28ClN3O/c1-19-6-5-7-20(16-19)17-28-15-14-27-24(28)18-29(23-8-3-2-4-9-23)25(30)21-10-12-22(26)13-11-21/h5-7,10-16,23H,2-4,8-9,17-18H2,1H3. The highest BCUT2D eigenvalue weighted by Crippen LogP contribution is 2.26. The van der Waals surface area contributed by atoms with E-state index in [4.69, 9.17) is 11.6 Å². The Morgan fingerprint density at radius 1 is 1.13 bits per heavy atom. The lowest BCUT2D eigenvalue weighted by atomic mass is 9.93. The van der Waals surface area contributed by atoms with Gasteiger partial charge in [0.1, 0.15) is 5.82 Å². The van der Waals surface area contributed by atoms with Gasteiger partial charge in [0.25, 0.3) is 5.91 Å². The van der Waals surface area contributed by atoms with Crippen LogP contribution in [-0.4, -0.2) is 26.4 Å². The molecule has 5 heteroatoms. The van der Waals surface area contributed by atoms with Gasteiger partial charge < -0.3 is 9.47 Å². The summed E-state index contributed by atoms with van der Waals surface area (Å²) in [7, 11) is 0. The van der Waals surface area contributed by atoms with Gasteiger partial charge in [-0.25, -0.2) is 4.98 Å². The molecule has 0 spiro atoms. The van der Waals surface area contributed by atoms with Gasteiger partial charge in [0.15, 0.2) is 0 Å². The monoisotopic (exact) mass is 421 g/mol. The van der Waals surface area contributed by atoms with Gasteiger partial charge >= 0.3 is 0 Å². The summed E-state index contributed by atoms with van der Waals surface area (Å²) >= 11 is 6.03. The van der Waals surface area contributed by atoms with Crippen LogP contribution in [0.5, 0.6) is 0 Å². The van der Waals surface area contributed by atoms with E-state index in [9.17, 15) is 4.79 Å². The van der Waals surface area contributed by atoms with Gasteiger partial charge in [0, 0.05) is 35.6 Å². The van der Waals surface area contributed by atoms with Crippen molar-refractivity contribution in [3.8, 4) is 0 Å². The fraction of sp³-hybridized carbons (Fsp3) is 0.360. The molecule has 3 aromatic rings. The predicted octanol–water partition coefficient (Wildman–Crippen LogP) is 5.87. The average Bonchev–Trinajstić information content (AvgIpc) is 3.19. The Morgan fingerprint density at radius 3 is 2.63 bits per heavy atom. The lowest BCUT2D eigenvalue weighted by Crippen LogP contribution is -2.41. The molecular weight excluding hydrogens is 394 g/mol. The molecule has 4 rings (SSSR count). The summed E-state index contributed by atoms with van der Waals surface area (Å²) in [5.41, 5.74) is 3.17. The lowest BCUT2D eigenvalue weighted by Gasteiger charge is -2.34. The fourth-order valence-corrected chi connectivity index (χ4v) is 4.44. The Kier molecular flexibility index (Phi) is 6.53. The molecule has 0 N–H and O–H groups in total. The number of nitrogens with zero attached hydrogens (tertiary/aromatic N) is 3. The number of hydrogen-bond acceptors (Lipinski definition) is 2. The Labute approximate surface area is 183 Å². The van der Waals surface area contributed by atoms with Crippen molar-refractivity contribution >= 4 is 17.5 Å². The van der Waals surface area contributed by atoms with E-state index in [1.54, 1.807) is 12.1 Å². The molecule has 1 heterocycles. The minimum atomic E-state index is 0.0590. The number of carbonyl (C=O) groups excluding carboxylic acids is 1. The quantitative estimate of drug-likeness (QED) is 0.499. The van der Waals surface area contributed by atoms with Crippen molar-refractivity contribution in [1.29, 1.82) is 0 Å². The van der Waals surface area contributed by atoms with Gasteiger partial charge in [-0.3, -0.25) is 4.79 Å². The van der Waals surface area contributed by atoms with Crippen molar-refractivity contribution in [2.45, 2.75) is 58.2 Å². The largest absolute Gasteiger partial charge is 0.329 e. The molecule has 156 valence electrons. The molecule has 1 fully saturated rings. The van der Waals surface area contributed by atoms with Crippen molar-refractivity contribution in [3.63, 3.8) is 0 Å². The van der Waals surface area contributed by atoms with Gasteiger partial charge in [-0.2, -0.15) is 0 Å². The molecule has 0 radical (unpaired) electrons. The molecule has 0 atom stereocenters. The molecule has 0 bridgehead atoms. The predicted molar refractivity (Wildman–Crippen MR) is 121 cm³/mol. The van der Waals surface area contributed by atoms with Crippen molar-refractivity contribution in [2.24, 2.45) is 0 Å². The van der Waals surface area contributed by atoms with E-state index < -0.39 is 0 Å². The highest BCUT2D eigenvalue weighted by molar-refractivity contribution is 6.30. The smallest absolute Gasteiger partial charge is 0.254 e. The summed E-state index contributed by atoms with van der Waals surface area (Å²) in [6.45, 7) is 3.38. The molecule has 0 saturated heterocycles. The second-order valence-electron chi connectivity index (χ2n) is 8.19. The summed E-state index contributed by atoms with van der Waals surface area (Å²) < 4.78 is 2.15. The topological polar surface area (TPSA) is 38.1 Å². The first-order chi connectivity index (χ1) is 14.6. The number of halogens is 1. The van der Waals surface area contributed by atoms with E-state index in [0.717, 1.165) is 25.2 Å². The van der Waals surface area contributed by atoms with E-state index in [0.29, 0.717) is 17.1 Å². The van der Waals surface area contributed by atoms with E-state index >= 15 is 0 Å². The van der Waals surface area contributed by atoms with Crippen LogP contribution in [0.15, 0.2) is 60.9 Å². The molecule has 1 saturated carbocycles. The maximum absolute atomic E-state index is 13.4. The van der Waals surface area contributed by atoms with Crippen molar-refractivity contribution < 1.29 is 4.79 Å². The molecule has 1 aliphatic carbocycles.